The Morgan fingerprint density at radius 3 is 2.85 bits per heavy atom. The van der Waals surface area contributed by atoms with Gasteiger partial charge < -0.3 is 5.32 Å². The van der Waals surface area contributed by atoms with E-state index >= 15 is 0 Å². The second kappa shape index (κ2) is 7.36. The lowest BCUT2D eigenvalue weighted by molar-refractivity contribution is 0.525. The van der Waals surface area contributed by atoms with Crippen molar-refractivity contribution in [1.29, 1.82) is 0 Å². The number of nitrogens with one attached hydrogen (secondary N) is 1. The van der Waals surface area contributed by atoms with Crippen LogP contribution in [-0.2, 0) is 6.42 Å². The zero-order valence-electron chi connectivity index (χ0n) is 11.9. The fraction of sp³-hybridized carbons (Fsp3) is 0.375. The Balaban J connectivity index is 2.24. The summed E-state index contributed by atoms with van der Waals surface area (Å²) in [5, 5.41) is 4.30. The molecule has 2 aromatic heterocycles. The van der Waals surface area contributed by atoms with E-state index in [2.05, 4.69) is 28.3 Å². The zero-order chi connectivity index (χ0) is 14.4. The van der Waals surface area contributed by atoms with Crippen molar-refractivity contribution in [2.75, 3.05) is 6.54 Å². The van der Waals surface area contributed by atoms with Crippen molar-refractivity contribution in [2.24, 2.45) is 0 Å². The molecule has 0 aliphatic carbocycles. The molecule has 0 amide bonds. The lowest BCUT2D eigenvalue weighted by Crippen LogP contribution is -2.25. The number of hydrogen-bond donors (Lipinski definition) is 1. The summed E-state index contributed by atoms with van der Waals surface area (Å²) in [6.07, 6.45) is 7.25. The van der Waals surface area contributed by atoms with Crippen molar-refractivity contribution < 1.29 is 0 Å². The summed E-state index contributed by atoms with van der Waals surface area (Å²) in [5.74, 6) is 0. The van der Waals surface area contributed by atoms with Gasteiger partial charge in [-0.05, 0) is 49.6 Å². The van der Waals surface area contributed by atoms with Crippen LogP contribution in [0.3, 0.4) is 0 Å². The standard InChI is InChI=1S/C16H20ClN3/c1-3-7-20-16(14-5-4-8-19-12(14)2)10-13-6-9-18-11-15(13)17/h4-6,8-9,11,16,20H,3,7,10H2,1-2H3. The smallest absolute Gasteiger partial charge is 0.0622 e. The Kier molecular flexibility index (Phi) is 5.50. The van der Waals surface area contributed by atoms with E-state index in [9.17, 15) is 0 Å². The Morgan fingerprint density at radius 2 is 2.15 bits per heavy atom. The lowest BCUT2D eigenvalue weighted by Gasteiger charge is -2.21. The minimum absolute atomic E-state index is 0.226. The number of nitrogens with zero attached hydrogens (tertiary/aromatic N) is 2. The van der Waals surface area contributed by atoms with E-state index in [1.165, 1.54) is 5.56 Å². The largest absolute Gasteiger partial charge is 0.310 e. The number of pyridine rings is 2. The predicted octanol–water partition coefficient (Wildman–Crippen LogP) is 3.72. The van der Waals surface area contributed by atoms with Crippen molar-refractivity contribution in [3.63, 3.8) is 0 Å². The molecule has 106 valence electrons. The van der Waals surface area contributed by atoms with Crippen molar-refractivity contribution in [1.82, 2.24) is 15.3 Å². The fourth-order valence-electron chi connectivity index (χ4n) is 2.27. The van der Waals surface area contributed by atoms with Gasteiger partial charge in [-0.3, -0.25) is 9.97 Å². The van der Waals surface area contributed by atoms with E-state index in [4.69, 9.17) is 11.6 Å². The van der Waals surface area contributed by atoms with Crippen molar-refractivity contribution in [3.8, 4) is 0 Å². The fourth-order valence-corrected chi connectivity index (χ4v) is 2.46. The van der Waals surface area contributed by atoms with E-state index in [-0.39, 0.29) is 6.04 Å². The molecule has 1 atom stereocenters. The highest BCUT2D eigenvalue weighted by molar-refractivity contribution is 6.31. The third-order valence-corrected chi connectivity index (χ3v) is 3.68. The molecule has 2 heterocycles. The van der Waals surface area contributed by atoms with E-state index in [1.807, 2.05) is 25.3 Å². The maximum atomic E-state index is 6.22. The average Bonchev–Trinajstić information content (AvgIpc) is 2.46. The van der Waals surface area contributed by atoms with Crippen LogP contribution in [0.4, 0.5) is 0 Å². The molecule has 2 aromatic rings. The molecule has 0 saturated carbocycles. The van der Waals surface area contributed by atoms with E-state index in [1.54, 1.807) is 12.4 Å². The Morgan fingerprint density at radius 1 is 1.30 bits per heavy atom. The third-order valence-electron chi connectivity index (χ3n) is 3.34. The summed E-state index contributed by atoms with van der Waals surface area (Å²) >= 11 is 6.22. The molecule has 20 heavy (non-hydrogen) atoms. The van der Waals surface area contributed by atoms with Crippen LogP contribution < -0.4 is 5.32 Å². The van der Waals surface area contributed by atoms with Crippen LogP contribution in [0.15, 0.2) is 36.8 Å². The van der Waals surface area contributed by atoms with Gasteiger partial charge in [-0.15, -0.1) is 0 Å². The molecule has 1 unspecified atom stereocenters. The van der Waals surface area contributed by atoms with Crippen LogP contribution in [0.1, 0.15) is 36.2 Å². The number of rotatable bonds is 6. The second-order valence-corrected chi connectivity index (χ2v) is 5.26. The first-order valence-corrected chi connectivity index (χ1v) is 7.33. The first-order chi connectivity index (χ1) is 9.72. The average molecular weight is 290 g/mol. The van der Waals surface area contributed by atoms with Crippen LogP contribution in [0.5, 0.6) is 0 Å². The highest BCUT2D eigenvalue weighted by Gasteiger charge is 2.15. The van der Waals surface area contributed by atoms with E-state index in [0.717, 1.165) is 35.7 Å². The highest BCUT2D eigenvalue weighted by atomic mass is 35.5. The first-order valence-electron chi connectivity index (χ1n) is 6.95. The van der Waals surface area contributed by atoms with Gasteiger partial charge in [-0.25, -0.2) is 0 Å². The van der Waals surface area contributed by atoms with Crippen LogP contribution in [-0.4, -0.2) is 16.5 Å². The molecular formula is C16H20ClN3. The molecule has 0 fully saturated rings. The quantitative estimate of drug-likeness (QED) is 0.881. The summed E-state index contributed by atoms with van der Waals surface area (Å²) < 4.78 is 0. The Labute approximate surface area is 125 Å². The maximum Gasteiger partial charge on any atom is 0.0622 e. The summed E-state index contributed by atoms with van der Waals surface area (Å²) in [4.78, 5) is 8.43. The zero-order valence-corrected chi connectivity index (χ0v) is 12.7. The molecule has 0 spiro atoms. The van der Waals surface area contributed by atoms with Crippen molar-refractivity contribution >= 4 is 11.6 Å². The second-order valence-electron chi connectivity index (χ2n) is 4.86. The molecule has 0 bridgehead atoms. The van der Waals surface area contributed by atoms with Gasteiger partial charge in [0, 0.05) is 30.3 Å². The van der Waals surface area contributed by atoms with Crippen molar-refractivity contribution in [3.05, 3.63) is 58.6 Å². The van der Waals surface area contributed by atoms with Gasteiger partial charge in [-0.2, -0.15) is 0 Å². The van der Waals surface area contributed by atoms with E-state index < -0.39 is 0 Å². The number of aryl methyl sites for hydroxylation is 1. The predicted molar refractivity (Wildman–Crippen MR) is 83.0 cm³/mol. The van der Waals surface area contributed by atoms with Crippen LogP contribution in [0, 0.1) is 6.92 Å². The highest BCUT2D eigenvalue weighted by Crippen LogP contribution is 2.24. The molecule has 3 nitrogen and oxygen atoms in total. The minimum Gasteiger partial charge on any atom is -0.310 e. The summed E-state index contributed by atoms with van der Waals surface area (Å²) in [7, 11) is 0. The number of aromatic nitrogens is 2. The number of hydrogen-bond acceptors (Lipinski definition) is 3. The maximum absolute atomic E-state index is 6.22. The molecule has 2 rings (SSSR count). The van der Waals surface area contributed by atoms with Gasteiger partial charge in [0.05, 0.1) is 5.02 Å². The Bertz CT molecular complexity index is 557. The van der Waals surface area contributed by atoms with Crippen LogP contribution >= 0.6 is 11.6 Å². The topological polar surface area (TPSA) is 37.8 Å². The molecule has 0 aromatic carbocycles. The van der Waals surface area contributed by atoms with Gasteiger partial charge in [0.1, 0.15) is 0 Å². The van der Waals surface area contributed by atoms with Gasteiger partial charge in [-0.1, -0.05) is 24.6 Å². The van der Waals surface area contributed by atoms with Gasteiger partial charge in [0.25, 0.3) is 0 Å². The van der Waals surface area contributed by atoms with Gasteiger partial charge in [0.15, 0.2) is 0 Å². The normalized spacial score (nSPS) is 12.3. The Hall–Kier alpha value is -1.45. The molecule has 0 aliphatic heterocycles. The monoisotopic (exact) mass is 289 g/mol. The molecule has 0 aliphatic rings. The summed E-state index contributed by atoms with van der Waals surface area (Å²) in [6.45, 7) is 5.19. The molecule has 0 saturated heterocycles. The van der Waals surface area contributed by atoms with E-state index in [0.29, 0.717) is 0 Å². The molecular weight excluding hydrogens is 270 g/mol. The molecule has 0 radical (unpaired) electrons. The summed E-state index contributed by atoms with van der Waals surface area (Å²) in [5.41, 5.74) is 3.40. The molecule has 4 heteroatoms. The molecule has 1 N–H and O–H groups in total. The van der Waals surface area contributed by atoms with Crippen molar-refractivity contribution in [2.45, 2.75) is 32.7 Å². The van der Waals surface area contributed by atoms with Gasteiger partial charge in [0.2, 0.25) is 0 Å². The summed E-state index contributed by atoms with van der Waals surface area (Å²) in [6, 6.07) is 6.32. The number of halogens is 1. The lowest BCUT2D eigenvalue weighted by atomic mass is 9.98. The third kappa shape index (κ3) is 3.78. The first kappa shape index (κ1) is 14.9. The minimum atomic E-state index is 0.226. The van der Waals surface area contributed by atoms with Crippen LogP contribution in [0.2, 0.25) is 5.02 Å². The van der Waals surface area contributed by atoms with Crippen LogP contribution in [0.25, 0.3) is 0 Å². The van der Waals surface area contributed by atoms with Gasteiger partial charge >= 0.3 is 0 Å². The SMILES string of the molecule is CCCNC(Cc1ccncc1Cl)c1cccnc1C.